The van der Waals surface area contributed by atoms with Gasteiger partial charge in [-0.05, 0) is 12.8 Å². The van der Waals surface area contributed by atoms with Crippen LogP contribution in [0, 0.1) is 0 Å². The van der Waals surface area contributed by atoms with E-state index in [1.165, 1.54) is 89.9 Å². The maximum absolute atomic E-state index is 10.8. The van der Waals surface area contributed by atoms with E-state index < -0.39 is 16.1 Å². The van der Waals surface area contributed by atoms with Crippen LogP contribution in [0.5, 0.6) is 0 Å². The lowest BCUT2D eigenvalue weighted by molar-refractivity contribution is -0.890. The van der Waals surface area contributed by atoms with Crippen LogP contribution in [0.15, 0.2) is 0 Å². The van der Waals surface area contributed by atoms with Crippen LogP contribution in [0.2, 0.25) is 0 Å². The summed E-state index contributed by atoms with van der Waals surface area (Å²) >= 11 is 0. The highest BCUT2D eigenvalue weighted by Gasteiger charge is 2.16. The van der Waals surface area contributed by atoms with E-state index in [1.54, 1.807) is 0 Å². The van der Waals surface area contributed by atoms with Gasteiger partial charge in [0, 0.05) is 6.42 Å². The number of unbranched alkanes of at least 4 members (excludes halogenated alkanes) is 13. The quantitative estimate of drug-likeness (QED) is 0.134. The summed E-state index contributed by atoms with van der Waals surface area (Å²) in [6.07, 6.45) is 19.7. The highest BCUT2D eigenvalue weighted by atomic mass is 32.2. The fraction of sp³-hybridized carbons (Fsp3) is 0.957. The van der Waals surface area contributed by atoms with Crippen LogP contribution >= 0.6 is 0 Å². The molecule has 0 aliphatic carbocycles. The lowest BCUT2D eigenvalue weighted by Gasteiger charge is -2.29. The molecular formula is C23H51N2O5S+. The maximum Gasteiger partial charge on any atom is 0.317 e. The minimum absolute atomic E-state index is 0.118. The lowest BCUT2D eigenvalue weighted by atomic mass is 10.0. The number of carboxylic acid groups (broad SMARTS) is 1. The van der Waals surface area contributed by atoms with Crippen molar-refractivity contribution in [2.45, 2.75) is 103 Å². The number of rotatable bonds is 20. The molecule has 0 bridgehead atoms. The zero-order chi connectivity index (χ0) is 24.0. The third kappa shape index (κ3) is 31.6. The Morgan fingerprint density at radius 3 is 1.39 bits per heavy atom. The monoisotopic (exact) mass is 467 g/mol. The molecule has 0 rings (SSSR count). The summed E-state index contributed by atoms with van der Waals surface area (Å²) < 4.78 is 31.2. The van der Waals surface area contributed by atoms with Crippen LogP contribution in [0.4, 0.5) is 0 Å². The number of aliphatic carboxylic acids is 1. The number of quaternary nitrogens is 1. The van der Waals surface area contributed by atoms with E-state index in [0.29, 0.717) is 6.42 Å². The number of carbonyl (C=O) groups is 1. The molecule has 0 aromatic carbocycles. The van der Waals surface area contributed by atoms with Gasteiger partial charge in [-0.3, -0.25) is 9.35 Å². The summed E-state index contributed by atoms with van der Waals surface area (Å²) in [6.45, 7) is 3.88. The van der Waals surface area contributed by atoms with Crippen molar-refractivity contribution in [3.05, 3.63) is 0 Å². The van der Waals surface area contributed by atoms with E-state index >= 15 is 0 Å². The zero-order valence-corrected chi connectivity index (χ0v) is 21.3. The van der Waals surface area contributed by atoms with Crippen molar-refractivity contribution in [1.29, 1.82) is 0 Å². The van der Waals surface area contributed by atoms with Crippen molar-refractivity contribution in [2.75, 3.05) is 39.5 Å². The molecule has 4 N–H and O–H groups in total. The van der Waals surface area contributed by atoms with Crippen LogP contribution in [-0.2, 0) is 14.9 Å². The fourth-order valence-electron chi connectivity index (χ4n) is 3.52. The molecule has 0 aromatic heterocycles. The summed E-state index contributed by atoms with van der Waals surface area (Å²) in [5.74, 6) is -1.09. The number of hydrogen-bond acceptors (Lipinski definition) is 4. The number of nitrogens with two attached hydrogens (primary N) is 1. The van der Waals surface area contributed by atoms with Crippen molar-refractivity contribution < 1.29 is 27.4 Å². The molecule has 0 fully saturated rings. The van der Waals surface area contributed by atoms with E-state index in [0.717, 1.165) is 17.6 Å². The fourth-order valence-corrected chi connectivity index (χ4v) is 4.02. The van der Waals surface area contributed by atoms with Gasteiger partial charge in [0.15, 0.2) is 0 Å². The Morgan fingerprint density at radius 1 is 0.742 bits per heavy atom. The first-order valence-electron chi connectivity index (χ1n) is 12.2. The average Bonchev–Trinajstić information content (AvgIpc) is 2.67. The molecule has 0 heterocycles. The minimum atomic E-state index is -3.81. The molecule has 0 unspecified atom stereocenters. The second-order valence-electron chi connectivity index (χ2n) is 9.22. The average molecular weight is 468 g/mol. The highest BCUT2D eigenvalue weighted by molar-refractivity contribution is 7.85. The normalized spacial score (nSPS) is 11.8. The van der Waals surface area contributed by atoms with Crippen LogP contribution in [0.3, 0.4) is 0 Å². The van der Waals surface area contributed by atoms with Gasteiger partial charge in [-0.15, -0.1) is 0 Å². The van der Waals surface area contributed by atoms with Crippen molar-refractivity contribution in [3.63, 3.8) is 0 Å². The molecule has 0 saturated heterocycles. The number of hydrogen-bond donors (Lipinski definition) is 3. The van der Waals surface area contributed by atoms with Crippen molar-refractivity contribution in [1.82, 2.24) is 0 Å². The molecule has 7 nitrogen and oxygen atoms in total. The van der Waals surface area contributed by atoms with Gasteiger partial charge in [0.1, 0.15) is 0 Å². The predicted molar refractivity (Wildman–Crippen MR) is 130 cm³/mol. The van der Waals surface area contributed by atoms with Crippen molar-refractivity contribution >= 4 is 16.1 Å². The molecular weight excluding hydrogens is 416 g/mol. The van der Waals surface area contributed by atoms with E-state index in [-0.39, 0.29) is 12.3 Å². The molecule has 8 heteroatoms. The molecule has 0 aliphatic heterocycles. The van der Waals surface area contributed by atoms with Gasteiger partial charge in [-0.2, -0.15) is 8.42 Å². The molecule has 0 atom stereocenters. The van der Waals surface area contributed by atoms with Gasteiger partial charge in [-0.25, -0.2) is 0 Å². The molecule has 31 heavy (non-hydrogen) atoms. The highest BCUT2D eigenvalue weighted by Crippen LogP contribution is 2.13. The Labute approximate surface area is 192 Å². The topological polar surface area (TPSA) is 118 Å². The SMILES string of the molecule is CCCCCCCCCCCCCCCC[N+](C)(C)CCCS(=O)(=O)O.NCC(=O)O. The van der Waals surface area contributed by atoms with Crippen LogP contribution in [0.25, 0.3) is 0 Å². The largest absolute Gasteiger partial charge is 0.480 e. The summed E-state index contributed by atoms with van der Waals surface area (Å²) in [4.78, 5) is 9.24. The summed E-state index contributed by atoms with van der Waals surface area (Å²) in [5, 5.41) is 7.60. The Bertz CT molecular complexity index is 510. The van der Waals surface area contributed by atoms with E-state index in [1.807, 2.05) is 0 Å². The second-order valence-corrected chi connectivity index (χ2v) is 10.8. The second kappa shape index (κ2) is 21.2. The standard InChI is InChI=1S/C21H45NO3S.C2H5NO2/c1-4-5-6-7-8-9-10-11-12-13-14-15-16-17-19-22(2,3)20-18-21-26(23,24)25;3-1-2(4)5/h4-21H2,1-3H3;1,3H2,(H,4,5)/p+1. The first-order valence-corrected chi connectivity index (χ1v) is 13.8. The van der Waals surface area contributed by atoms with Crippen molar-refractivity contribution in [2.24, 2.45) is 5.73 Å². The number of nitrogens with zero attached hydrogens (tertiary/aromatic N) is 1. The summed E-state index contributed by atoms with van der Waals surface area (Å²) in [7, 11) is 0.484. The van der Waals surface area contributed by atoms with Gasteiger partial charge < -0.3 is 15.3 Å². The molecule has 0 amide bonds. The van der Waals surface area contributed by atoms with E-state index in [2.05, 4.69) is 26.8 Å². The molecule has 0 spiro atoms. The Hall–Kier alpha value is -0.700. The Morgan fingerprint density at radius 2 is 1.06 bits per heavy atom. The summed E-state index contributed by atoms with van der Waals surface area (Å²) in [5.41, 5.74) is 4.57. The van der Waals surface area contributed by atoms with Crippen LogP contribution in [0.1, 0.15) is 103 Å². The van der Waals surface area contributed by atoms with Gasteiger partial charge in [-0.1, -0.05) is 84.0 Å². The molecule has 0 aromatic rings. The van der Waals surface area contributed by atoms with Crippen LogP contribution in [-0.4, -0.2) is 68.0 Å². The number of carboxylic acids is 1. The molecule has 0 saturated carbocycles. The first kappa shape index (κ1) is 32.5. The summed E-state index contributed by atoms with van der Waals surface area (Å²) in [6, 6.07) is 0. The predicted octanol–water partition coefficient (Wildman–Crippen LogP) is 4.85. The zero-order valence-electron chi connectivity index (χ0n) is 20.5. The van der Waals surface area contributed by atoms with Gasteiger partial charge in [0.25, 0.3) is 10.1 Å². The molecule has 0 aliphatic rings. The van der Waals surface area contributed by atoms with Gasteiger partial charge in [0.2, 0.25) is 0 Å². The molecule has 0 radical (unpaired) electrons. The lowest BCUT2D eigenvalue weighted by Crippen LogP contribution is -2.41. The smallest absolute Gasteiger partial charge is 0.317 e. The third-order valence-corrected chi connectivity index (χ3v) is 6.26. The first-order chi connectivity index (χ1) is 14.5. The van der Waals surface area contributed by atoms with Crippen molar-refractivity contribution in [3.8, 4) is 0 Å². The van der Waals surface area contributed by atoms with Crippen LogP contribution < -0.4 is 5.73 Å². The van der Waals surface area contributed by atoms with E-state index in [4.69, 9.17) is 9.66 Å². The third-order valence-electron chi connectivity index (χ3n) is 5.46. The molecule has 188 valence electrons. The maximum atomic E-state index is 10.8. The Kier molecular flexibility index (Phi) is 22.2. The Balaban J connectivity index is 0. The van der Waals surface area contributed by atoms with Gasteiger partial charge >= 0.3 is 5.97 Å². The minimum Gasteiger partial charge on any atom is -0.480 e. The van der Waals surface area contributed by atoms with Gasteiger partial charge in [0.05, 0.1) is 39.5 Å². The van der Waals surface area contributed by atoms with E-state index in [9.17, 15) is 13.2 Å².